The zero-order chi connectivity index (χ0) is 28.9. The lowest BCUT2D eigenvalue weighted by molar-refractivity contribution is -0.385. The highest BCUT2D eigenvalue weighted by molar-refractivity contribution is 5.77. The molecule has 0 amide bonds. The van der Waals surface area contributed by atoms with E-state index in [2.05, 4.69) is 31.9 Å². The first-order valence-corrected chi connectivity index (χ1v) is 11.9. The van der Waals surface area contributed by atoms with Crippen LogP contribution in [0.25, 0.3) is 0 Å². The number of azo groups is 1. The minimum absolute atomic E-state index is 0.0458. The van der Waals surface area contributed by atoms with Crippen molar-refractivity contribution in [1.82, 2.24) is 4.98 Å². The number of hydrogen-bond donors (Lipinski definition) is 2. The number of nitriles is 1. The molecule has 4 rings (SSSR count). The second-order valence-corrected chi connectivity index (χ2v) is 8.69. The van der Waals surface area contributed by atoms with E-state index < -0.39 is 28.0 Å². The summed E-state index contributed by atoms with van der Waals surface area (Å²) in [6.07, 6.45) is -4.92. The molecule has 1 heterocycles. The van der Waals surface area contributed by atoms with Crippen molar-refractivity contribution in [1.29, 1.82) is 5.26 Å². The Bertz CT molecular complexity index is 1600. The maximum absolute atomic E-state index is 13.7. The molecule has 0 aliphatic heterocycles. The van der Waals surface area contributed by atoms with Gasteiger partial charge in [-0.1, -0.05) is 48.5 Å². The average Bonchev–Trinajstić information content (AvgIpc) is 2.93. The van der Waals surface area contributed by atoms with Gasteiger partial charge in [-0.05, 0) is 37.6 Å². The SMILES string of the molecule is Cc1c(C#N)c(Nc2ccccc2)nc(NC(C)c2ccccc2)c1N=Nc1ccc([N+](=O)[O-])cc1C(F)(F)F. The van der Waals surface area contributed by atoms with Crippen LogP contribution in [0.5, 0.6) is 0 Å². The molecule has 2 N–H and O–H groups in total. The lowest BCUT2D eigenvalue weighted by Gasteiger charge is -2.19. The van der Waals surface area contributed by atoms with Crippen molar-refractivity contribution < 1.29 is 18.1 Å². The van der Waals surface area contributed by atoms with Crippen LogP contribution in [0.4, 0.5) is 47.6 Å². The van der Waals surface area contributed by atoms with Gasteiger partial charge in [0.2, 0.25) is 0 Å². The van der Waals surface area contributed by atoms with Crippen molar-refractivity contribution in [3.05, 3.63) is 111 Å². The molecule has 0 fully saturated rings. The number of hydrogen-bond acceptors (Lipinski definition) is 8. The predicted molar refractivity (Wildman–Crippen MR) is 144 cm³/mol. The maximum atomic E-state index is 13.7. The van der Waals surface area contributed by atoms with Gasteiger partial charge in [-0.15, -0.1) is 10.2 Å². The third-order valence-electron chi connectivity index (χ3n) is 5.97. The summed E-state index contributed by atoms with van der Waals surface area (Å²) in [5.74, 6) is 0.393. The van der Waals surface area contributed by atoms with Crippen LogP contribution < -0.4 is 10.6 Å². The molecule has 0 aliphatic carbocycles. The molecule has 40 heavy (non-hydrogen) atoms. The number of alkyl halides is 3. The summed E-state index contributed by atoms with van der Waals surface area (Å²) in [7, 11) is 0. The molecule has 1 aromatic heterocycles. The molecule has 1 atom stereocenters. The van der Waals surface area contributed by atoms with E-state index in [1.807, 2.05) is 55.5 Å². The third-order valence-corrected chi connectivity index (χ3v) is 5.97. The van der Waals surface area contributed by atoms with Crippen molar-refractivity contribution in [2.75, 3.05) is 10.6 Å². The van der Waals surface area contributed by atoms with Crippen molar-refractivity contribution in [3.8, 4) is 6.07 Å². The number of aromatic nitrogens is 1. The second-order valence-electron chi connectivity index (χ2n) is 8.69. The van der Waals surface area contributed by atoms with Gasteiger partial charge in [0.25, 0.3) is 5.69 Å². The van der Waals surface area contributed by atoms with Gasteiger partial charge in [-0.2, -0.15) is 18.4 Å². The molecule has 3 aromatic carbocycles. The Labute approximate surface area is 227 Å². The molecule has 9 nitrogen and oxygen atoms in total. The smallest absolute Gasteiger partial charge is 0.362 e. The minimum atomic E-state index is -4.92. The highest BCUT2D eigenvalue weighted by atomic mass is 19.4. The number of nitrogens with zero attached hydrogens (tertiary/aromatic N) is 5. The van der Waals surface area contributed by atoms with Gasteiger partial charge < -0.3 is 10.6 Å². The van der Waals surface area contributed by atoms with Crippen LogP contribution in [0.2, 0.25) is 0 Å². The van der Waals surface area contributed by atoms with Crippen LogP contribution in [-0.2, 0) is 6.18 Å². The van der Waals surface area contributed by atoms with E-state index in [9.17, 15) is 28.5 Å². The van der Waals surface area contributed by atoms with Gasteiger partial charge in [0.05, 0.1) is 27.8 Å². The van der Waals surface area contributed by atoms with E-state index in [0.717, 1.165) is 17.7 Å². The lowest BCUT2D eigenvalue weighted by atomic mass is 10.1. The molecular formula is C28H22F3N7O2. The van der Waals surface area contributed by atoms with Crippen molar-refractivity contribution in [2.45, 2.75) is 26.1 Å². The fourth-order valence-corrected chi connectivity index (χ4v) is 3.89. The monoisotopic (exact) mass is 545 g/mol. The van der Waals surface area contributed by atoms with Crippen molar-refractivity contribution in [3.63, 3.8) is 0 Å². The fourth-order valence-electron chi connectivity index (χ4n) is 3.89. The van der Waals surface area contributed by atoms with E-state index >= 15 is 0 Å². The molecule has 0 bridgehead atoms. The van der Waals surface area contributed by atoms with Gasteiger partial charge >= 0.3 is 6.18 Å². The summed E-state index contributed by atoms with van der Waals surface area (Å²) in [6, 6.07) is 22.4. The van der Waals surface area contributed by atoms with Gasteiger partial charge in [0.15, 0.2) is 11.6 Å². The standard InChI is InChI=1S/C28H22F3N7O2/c1-17-22(16-32)26(34-20-11-7-4-8-12-20)35-27(33-18(2)19-9-5-3-6-10-19)25(17)37-36-24-14-13-21(38(39)40)15-23(24)28(29,30)31/h3-15,18H,1-2H3,(H2,33,34,35). The number of nitro groups is 1. The van der Waals surface area contributed by atoms with Gasteiger partial charge in [0, 0.05) is 23.4 Å². The summed E-state index contributed by atoms with van der Waals surface area (Å²) in [6.45, 7) is 3.46. The lowest BCUT2D eigenvalue weighted by Crippen LogP contribution is -2.10. The molecule has 0 saturated heterocycles. The van der Waals surface area contributed by atoms with Crippen LogP contribution in [0.15, 0.2) is 89.1 Å². The number of benzene rings is 3. The molecule has 0 spiro atoms. The predicted octanol–water partition coefficient (Wildman–Crippen LogP) is 8.52. The molecule has 4 aromatic rings. The Morgan fingerprint density at radius 2 is 1.65 bits per heavy atom. The Morgan fingerprint density at radius 3 is 2.25 bits per heavy atom. The molecular weight excluding hydrogens is 523 g/mol. The summed E-state index contributed by atoms with van der Waals surface area (Å²) in [5, 5.41) is 35.2. The number of nitrogens with one attached hydrogen (secondary N) is 2. The number of pyridine rings is 1. The van der Waals surface area contributed by atoms with Crippen LogP contribution in [-0.4, -0.2) is 9.91 Å². The highest BCUT2D eigenvalue weighted by Gasteiger charge is 2.35. The Kier molecular flexibility index (Phi) is 8.04. The molecule has 0 aliphatic rings. The quantitative estimate of drug-likeness (QED) is 0.130. The van der Waals surface area contributed by atoms with Crippen molar-refractivity contribution >= 4 is 34.4 Å². The van der Waals surface area contributed by atoms with E-state index in [0.29, 0.717) is 17.3 Å². The number of rotatable bonds is 8. The van der Waals surface area contributed by atoms with Crippen LogP contribution in [0.3, 0.4) is 0 Å². The maximum Gasteiger partial charge on any atom is 0.418 e. The number of non-ortho nitro benzene ring substituents is 1. The van der Waals surface area contributed by atoms with E-state index in [-0.39, 0.29) is 28.9 Å². The van der Waals surface area contributed by atoms with Gasteiger partial charge in [-0.3, -0.25) is 10.1 Å². The average molecular weight is 546 g/mol. The third kappa shape index (κ3) is 6.21. The number of anilines is 3. The summed E-state index contributed by atoms with van der Waals surface area (Å²) in [4.78, 5) is 14.7. The summed E-state index contributed by atoms with van der Waals surface area (Å²) >= 11 is 0. The molecule has 12 heteroatoms. The summed E-state index contributed by atoms with van der Waals surface area (Å²) < 4.78 is 41.1. The normalized spacial score (nSPS) is 12.1. The fraction of sp³-hybridized carbons (Fsp3) is 0.143. The zero-order valence-electron chi connectivity index (χ0n) is 21.3. The Morgan fingerprint density at radius 1 is 1.00 bits per heavy atom. The topological polar surface area (TPSA) is 129 Å². The molecule has 0 radical (unpaired) electrons. The Hall–Kier alpha value is -5.31. The second kappa shape index (κ2) is 11.6. The first-order chi connectivity index (χ1) is 19.1. The molecule has 202 valence electrons. The molecule has 1 unspecified atom stereocenters. The summed E-state index contributed by atoms with van der Waals surface area (Å²) in [5.41, 5.74) is -0.607. The largest absolute Gasteiger partial charge is 0.418 e. The zero-order valence-corrected chi connectivity index (χ0v) is 21.3. The number of nitro benzene ring substituents is 1. The van der Waals surface area contributed by atoms with Gasteiger partial charge in [-0.25, -0.2) is 4.98 Å². The van der Waals surface area contributed by atoms with Crippen LogP contribution in [0, 0.1) is 28.4 Å². The highest BCUT2D eigenvalue weighted by Crippen LogP contribution is 2.41. The van der Waals surface area contributed by atoms with E-state index in [1.165, 1.54) is 0 Å². The van der Waals surface area contributed by atoms with E-state index in [1.54, 1.807) is 19.1 Å². The number of para-hydroxylation sites is 1. The minimum Gasteiger partial charge on any atom is -0.362 e. The van der Waals surface area contributed by atoms with Crippen molar-refractivity contribution in [2.24, 2.45) is 10.2 Å². The first kappa shape index (κ1) is 27.7. The molecule has 0 saturated carbocycles. The number of halogens is 3. The van der Waals surface area contributed by atoms with Crippen LogP contribution >= 0.6 is 0 Å². The first-order valence-electron chi connectivity index (χ1n) is 11.9. The van der Waals surface area contributed by atoms with E-state index in [4.69, 9.17) is 0 Å². The Balaban J connectivity index is 1.85. The van der Waals surface area contributed by atoms with Gasteiger partial charge in [0.1, 0.15) is 11.8 Å². The van der Waals surface area contributed by atoms with Crippen LogP contribution in [0.1, 0.15) is 35.2 Å².